The van der Waals surface area contributed by atoms with Crippen molar-refractivity contribution in [2.75, 3.05) is 13.7 Å². The van der Waals surface area contributed by atoms with Gasteiger partial charge in [-0.15, -0.1) is 0 Å². The van der Waals surface area contributed by atoms with Gasteiger partial charge in [-0.05, 0) is 43.7 Å². The highest BCUT2D eigenvalue weighted by atomic mass is 32.1. The second-order valence-electron chi connectivity index (χ2n) is 9.60. The van der Waals surface area contributed by atoms with Crippen LogP contribution in [0.25, 0.3) is 22.7 Å². The van der Waals surface area contributed by atoms with Crippen molar-refractivity contribution in [2.24, 2.45) is 4.99 Å². The first-order valence-corrected chi connectivity index (χ1v) is 14.4. The number of carbonyl (C=O) groups is 1. The van der Waals surface area contributed by atoms with Gasteiger partial charge >= 0.3 is 5.97 Å². The largest absolute Gasteiger partial charge is 0.497 e. The Morgan fingerprint density at radius 3 is 2.56 bits per heavy atom. The average Bonchev–Trinajstić information content (AvgIpc) is 3.53. The van der Waals surface area contributed by atoms with Crippen molar-refractivity contribution in [2.45, 2.75) is 26.4 Å². The molecule has 7 nitrogen and oxygen atoms in total. The first-order valence-electron chi connectivity index (χ1n) is 13.5. The fraction of sp³-hybridized carbons (Fsp3) is 0.182. The normalized spacial score (nSPS) is 15.1. The molecule has 0 saturated carbocycles. The quantitative estimate of drug-likeness (QED) is 0.264. The van der Waals surface area contributed by atoms with Gasteiger partial charge in [-0.25, -0.2) is 9.79 Å². The maximum Gasteiger partial charge on any atom is 0.338 e. The Balaban J connectivity index is 1.66. The van der Waals surface area contributed by atoms with Crippen molar-refractivity contribution >= 4 is 40.0 Å². The molecule has 5 aromatic rings. The molecule has 0 saturated heterocycles. The lowest BCUT2D eigenvalue weighted by Gasteiger charge is -2.26. The predicted molar refractivity (Wildman–Crippen MR) is 162 cm³/mol. The minimum atomic E-state index is -0.755. The molecular weight excluding hydrogens is 534 g/mol. The summed E-state index contributed by atoms with van der Waals surface area (Å²) in [5.41, 5.74) is 4.15. The van der Waals surface area contributed by atoms with Crippen LogP contribution in [0.3, 0.4) is 0 Å². The summed E-state index contributed by atoms with van der Waals surface area (Å²) in [6, 6.07) is 24.4. The standard InChI is InChI=1S/C33H29N3O4S/c1-4-35-20-23(25-16-9-10-17-26(25)35)19-27-31(37)36-30(22-14-11-15-24(18-22)39-3)28(32(38)40-5-2)29(34-33(36)41-27)21-12-7-6-8-13-21/h6-20,30H,4-5H2,1-3H3/t30-/m0/s1. The zero-order chi connectivity index (χ0) is 28.5. The van der Waals surface area contributed by atoms with Crippen LogP contribution in [-0.2, 0) is 16.1 Å². The van der Waals surface area contributed by atoms with Gasteiger partial charge in [-0.2, -0.15) is 0 Å². The molecule has 0 aliphatic carbocycles. The van der Waals surface area contributed by atoms with Crippen LogP contribution in [0.15, 0.2) is 100 Å². The van der Waals surface area contributed by atoms with Gasteiger partial charge in [0.25, 0.3) is 5.56 Å². The van der Waals surface area contributed by atoms with Crippen molar-refractivity contribution < 1.29 is 14.3 Å². The van der Waals surface area contributed by atoms with Gasteiger partial charge < -0.3 is 14.0 Å². The Bertz CT molecular complexity index is 1980. The van der Waals surface area contributed by atoms with Crippen molar-refractivity contribution in [3.8, 4) is 5.75 Å². The number of esters is 1. The van der Waals surface area contributed by atoms with E-state index in [1.165, 1.54) is 11.3 Å². The van der Waals surface area contributed by atoms with Crippen LogP contribution in [0.2, 0.25) is 0 Å². The van der Waals surface area contributed by atoms with Crippen LogP contribution in [0.5, 0.6) is 5.75 Å². The van der Waals surface area contributed by atoms with Gasteiger partial charge in [0.2, 0.25) is 0 Å². The van der Waals surface area contributed by atoms with Crippen LogP contribution >= 0.6 is 11.3 Å². The number of fused-ring (bicyclic) bond motifs is 2. The SMILES string of the molecule is CCOC(=O)C1=C(c2ccccc2)N=c2sc(=Cc3cn(CC)c4ccccc34)c(=O)n2[C@H]1c1cccc(OC)c1. The van der Waals surface area contributed by atoms with E-state index >= 15 is 0 Å². The maximum atomic E-state index is 14.2. The van der Waals surface area contributed by atoms with E-state index in [1.807, 2.05) is 72.8 Å². The smallest absolute Gasteiger partial charge is 0.338 e. The van der Waals surface area contributed by atoms with Crippen molar-refractivity contribution in [3.05, 3.63) is 127 Å². The number of aryl methyl sites for hydroxylation is 1. The number of aromatic nitrogens is 2. The Hall–Kier alpha value is -4.69. The molecule has 1 aliphatic rings. The lowest BCUT2D eigenvalue weighted by molar-refractivity contribution is -0.138. The molecule has 3 heterocycles. The minimum Gasteiger partial charge on any atom is -0.497 e. The second kappa shape index (κ2) is 11.1. The molecule has 6 rings (SSSR count). The molecule has 0 unspecified atom stereocenters. The third-order valence-electron chi connectivity index (χ3n) is 7.23. The van der Waals surface area contributed by atoms with Gasteiger partial charge in [0.15, 0.2) is 4.80 Å². The Labute approximate surface area is 240 Å². The summed E-state index contributed by atoms with van der Waals surface area (Å²) in [7, 11) is 1.59. The molecule has 0 amide bonds. The Kier molecular flexibility index (Phi) is 7.15. The number of benzene rings is 3. The molecule has 0 N–H and O–H groups in total. The summed E-state index contributed by atoms with van der Waals surface area (Å²) in [5.74, 6) is 0.113. The van der Waals surface area contributed by atoms with E-state index < -0.39 is 12.0 Å². The average molecular weight is 564 g/mol. The topological polar surface area (TPSA) is 74.8 Å². The van der Waals surface area contributed by atoms with Gasteiger partial charge in [-0.3, -0.25) is 9.36 Å². The van der Waals surface area contributed by atoms with Crippen molar-refractivity contribution in [1.29, 1.82) is 0 Å². The molecule has 0 bridgehead atoms. The monoisotopic (exact) mass is 563 g/mol. The number of hydrogen-bond donors (Lipinski definition) is 0. The van der Waals surface area contributed by atoms with Crippen LogP contribution < -0.4 is 19.6 Å². The summed E-state index contributed by atoms with van der Waals surface area (Å²) in [5, 5.41) is 1.07. The molecule has 3 aromatic carbocycles. The van der Waals surface area contributed by atoms with Gasteiger partial charge in [-0.1, -0.05) is 72.0 Å². The Morgan fingerprint density at radius 2 is 1.80 bits per heavy atom. The molecule has 0 radical (unpaired) electrons. The van der Waals surface area contributed by atoms with E-state index in [-0.39, 0.29) is 12.2 Å². The second-order valence-corrected chi connectivity index (χ2v) is 10.6. The number of methoxy groups -OCH3 is 1. The van der Waals surface area contributed by atoms with E-state index in [4.69, 9.17) is 14.5 Å². The summed E-state index contributed by atoms with van der Waals surface area (Å²) in [6.45, 7) is 4.87. The molecule has 8 heteroatoms. The summed E-state index contributed by atoms with van der Waals surface area (Å²) < 4.78 is 15.4. The maximum absolute atomic E-state index is 14.2. The molecule has 0 spiro atoms. The zero-order valence-corrected chi connectivity index (χ0v) is 23.9. The third kappa shape index (κ3) is 4.70. The Morgan fingerprint density at radius 1 is 1.02 bits per heavy atom. The minimum absolute atomic E-state index is 0.196. The molecular formula is C33H29N3O4S. The number of carbonyl (C=O) groups excluding carboxylic acids is 1. The number of ether oxygens (including phenoxy) is 2. The summed E-state index contributed by atoms with van der Waals surface area (Å²) in [4.78, 5) is 33.3. The number of thiazole rings is 1. The van der Waals surface area contributed by atoms with Crippen molar-refractivity contribution in [3.63, 3.8) is 0 Å². The molecule has 1 atom stereocenters. The van der Waals surface area contributed by atoms with Gasteiger partial charge in [0.05, 0.1) is 35.6 Å². The van der Waals surface area contributed by atoms with Crippen LogP contribution in [-0.4, -0.2) is 28.8 Å². The highest BCUT2D eigenvalue weighted by Crippen LogP contribution is 2.36. The lowest BCUT2D eigenvalue weighted by Crippen LogP contribution is -2.40. The highest BCUT2D eigenvalue weighted by Gasteiger charge is 2.35. The highest BCUT2D eigenvalue weighted by molar-refractivity contribution is 7.07. The molecule has 2 aromatic heterocycles. The third-order valence-corrected chi connectivity index (χ3v) is 8.21. The van der Waals surface area contributed by atoms with Gasteiger partial charge in [0, 0.05) is 34.8 Å². The molecule has 41 heavy (non-hydrogen) atoms. The number of rotatable bonds is 7. The zero-order valence-electron chi connectivity index (χ0n) is 23.0. The molecule has 1 aliphatic heterocycles. The molecule has 206 valence electrons. The van der Waals surface area contributed by atoms with E-state index in [0.29, 0.717) is 26.4 Å². The van der Waals surface area contributed by atoms with Crippen molar-refractivity contribution in [1.82, 2.24) is 9.13 Å². The first-order chi connectivity index (χ1) is 20.0. The number of para-hydroxylation sites is 1. The fourth-order valence-corrected chi connectivity index (χ4v) is 6.35. The number of nitrogens with zero attached hydrogens (tertiary/aromatic N) is 3. The first kappa shape index (κ1) is 26.5. The van der Waals surface area contributed by atoms with E-state index in [9.17, 15) is 9.59 Å². The van der Waals surface area contributed by atoms with E-state index in [0.717, 1.165) is 34.1 Å². The predicted octanol–water partition coefficient (Wildman–Crippen LogP) is 4.92. The van der Waals surface area contributed by atoms with Gasteiger partial charge in [0.1, 0.15) is 5.75 Å². The van der Waals surface area contributed by atoms with E-state index in [1.54, 1.807) is 18.6 Å². The van der Waals surface area contributed by atoms with Crippen LogP contribution in [0.4, 0.5) is 0 Å². The number of hydrogen-bond acceptors (Lipinski definition) is 6. The van der Waals surface area contributed by atoms with E-state index in [2.05, 4.69) is 29.8 Å². The fourth-order valence-electron chi connectivity index (χ4n) is 5.36. The summed E-state index contributed by atoms with van der Waals surface area (Å²) in [6.07, 6.45) is 4.00. The summed E-state index contributed by atoms with van der Waals surface area (Å²) >= 11 is 1.32. The molecule has 0 fully saturated rings. The lowest BCUT2D eigenvalue weighted by atomic mass is 9.93. The van der Waals surface area contributed by atoms with Crippen LogP contribution in [0, 0.1) is 0 Å². The van der Waals surface area contributed by atoms with Crippen LogP contribution in [0.1, 0.15) is 36.6 Å².